The van der Waals surface area contributed by atoms with Gasteiger partial charge in [0.25, 0.3) is 0 Å². The third kappa shape index (κ3) is 4.60. The van der Waals surface area contributed by atoms with Gasteiger partial charge < -0.3 is 25.4 Å². The van der Waals surface area contributed by atoms with Gasteiger partial charge in [0.05, 0.1) is 30.6 Å². The number of hydrogen-bond donors (Lipinski definition) is 3. The highest BCUT2D eigenvalue weighted by Crippen LogP contribution is 2.59. The van der Waals surface area contributed by atoms with Crippen LogP contribution in [0, 0.1) is 11.8 Å². The number of ether oxygens (including phenoxy) is 1. The number of carbonyl (C=O) groups excluding carboxylic acids is 3. The number of aliphatic hydroxyl groups is 1. The molecule has 3 aliphatic rings. The van der Waals surface area contributed by atoms with Gasteiger partial charge in [-0.05, 0) is 30.4 Å². The van der Waals surface area contributed by atoms with E-state index in [9.17, 15) is 19.5 Å². The number of carbonyl (C=O) groups is 3. The molecule has 38 heavy (non-hydrogen) atoms. The normalized spacial score (nSPS) is 28.3. The monoisotopic (exact) mass is 519 g/mol. The number of amides is 3. The summed E-state index contributed by atoms with van der Waals surface area (Å²) < 4.78 is 6.50. The summed E-state index contributed by atoms with van der Waals surface area (Å²) in [6.45, 7) is 2.62. The molecule has 202 valence electrons. The maximum absolute atomic E-state index is 14.2. The molecule has 6 atom stereocenters. The third-order valence-corrected chi connectivity index (χ3v) is 8.37. The van der Waals surface area contributed by atoms with Gasteiger partial charge in [-0.25, -0.2) is 0 Å². The van der Waals surface area contributed by atoms with Crippen LogP contribution >= 0.6 is 0 Å². The summed E-state index contributed by atoms with van der Waals surface area (Å²) in [5.74, 6) is -2.28. The van der Waals surface area contributed by atoms with Crippen molar-refractivity contribution in [2.45, 2.75) is 69.4 Å². The summed E-state index contributed by atoms with van der Waals surface area (Å²) in [6, 6.07) is 17.2. The van der Waals surface area contributed by atoms with Crippen LogP contribution in [0.4, 0.5) is 0 Å². The van der Waals surface area contributed by atoms with Gasteiger partial charge in [0, 0.05) is 13.1 Å². The molecule has 5 rings (SSSR count). The summed E-state index contributed by atoms with van der Waals surface area (Å²) in [5, 5.41) is 16.5. The Labute approximate surface area is 223 Å². The number of nitrogens with one attached hydrogen (secondary N) is 2. The number of rotatable bonds is 11. The van der Waals surface area contributed by atoms with Gasteiger partial charge in [0.15, 0.2) is 0 Å². The van der Waals surface area contributed by atoms with Crippen LogP contribution in [0.15, 0.2) is 60.7 Å². The van der Waals surface area contributed by atoms with Crippen molar-refractivity contribution in [2.75, 3.05) is 13.2 Å². The van der Waals surface area contributed by atoms with E-state index in [-0.39, 0.29) is 24.3 Å². The van der Waals surface area contributed by atoms with Crippen LogP contribution < -0.4 is 10.6 Å². The molecule has 2 aromatic rings. The summed E-state index contributed by atoms with van der Waals surface area (Å²) in [7, 11) is 0. The molecule has 1 spiro atoms. The predicted molar refractivity (Wildman–Crippen MR) is 142 cm³/mol. The molecule has 0 aromatic heterocycles. The summed E-state index contributed by atoms with van der Waals surface area (Å²) in [6.07, 6.45) is 3.58. The van der Waals surface area contributed by atoms with E-state index in [1.165, 1.54) is 4.90 Å². The van der Waals surface area contributed by atoms with Gasteiger partial charge in [-0.1, -0.05) is 80.4 Å². The largest absolute Gasteiger partial charge is 0.394 e. The molecular weight excluding hydrogens is 482 g/mol. The molecule has 0 radical (unpaired) electrons. The van der Waals surface area contributed by atoms with E-state index in [2.05, 4.69) is 17.6 Å². The molecule has 3 amide bonds. The Hall–Kier alpha value is -3.23. The van der Waals surface area contributed by atoms with Gasteiger partial charge in [-0.3, -0.25) is 14.4 Å². The number of likely N-dealkylation sites (tertiary alicyclic amines) is 1. The molecule has 2 unspecified atom stereocenters. The fraction of sp³-hybridized carbons (Fsp3) is 0.500. The van der Waals surface area contributed by atoms with Crippen molar-refractivity contribution in [1.82, 2.24) is 15.5 Å². The van der Waals surface area contributed by atoms with E-state index >= 15 is 0 Å². The first kappa shape index (κ1) is 26.4. The third-order valence-electron chi connectivity index (χ3n) is 8.37. The zero-order valence-electron chi connectivity index (χ0n) is 21.8. The molecule has 2 aromatic carbocycles. The van der Waals surface area contributed by atoms with E-state index < -0.39 is 35.6 Å². The lowest BCUT2D eigenvalue weighted by atomic mass is 9.70. The Morgan fingerprint density at radius 2 is 1.76 bits per heavy atom. The summed E-state index contributed by atoms with van der Waals surface area (Å²) in [5.41, 5.74) is 0.615. The second kappa shape index (κ2) is 11.3. The van der Waals surface area contributed by atoms with Crippen molar-refractivity contribution in [3.8, 4) is 0 Å². The van der Waals surface area contributed by atoms with Gasteiger partial charge in [-0.2, -0.15) is 0 Å². The van der Waals surface area contributed by atoms with E-state index in [1.54, 1.807) is 0 Å². The van der Waals surface area contributed by atoms with E-state index in [0.717, 1.165) is 30.4 Å². The highest BCUT2D eigenvalue weighted by molar-refractivity contribution is 5.99. The van der Waals surface area contributed by atoms with Crippen LogP contribution in [-0.4, -0.2) is 58.6 Å². The number of unbranched alkanes of at least 4 members (excludes halogenated alkanes) is 2. The highest BCUT2D eigenvalue weighted by atomic mass is 16.5. The molecule has 3 aliphatic heterocycles. The zero-order valence-corrected chi connectivity index (χ0v) is 21.8. The molecular formula is C30H37N3O5. The van der Waals surface area contributed by atoms with Crippen LogP contribution in [0.2, 0.25) is 0 Å². The van der Waals surface area contributed by atoms with Crippen LogP contribution in [-0.2, 0) is 25.7 Å². The number of hydrogen-bond acceptors (Lipinski definition) is 5. The van der Waals surface area contributed by atoms with Crippen LogP contribution in [0.5, 0.6) is 0 Å². The molecule has 3 N–H and O–H groups in total. The van der Waals surface area contributed by atoms with Crippen molar-refractivity contribution < 1.29 is 24.2 Å². The minimum absolute atomic E-state index is 0.233. The van der Waals surface area contributed by atoms with Crippen molar-refractivity contribution in [1.29, 1.82) is 0 Å². The van der Waals surface area contributed by atoms with Crippen LogP contribution in [0.1, 0.15) is 56.2 Å². The Morgan fingerprint density at radius 3 is 2.45 bits per heavy atom. The lowest BCUT2D eigenvalue weighted by Gasteiger charge is -2.36. The predicted octanol–water partition coefficient (Wildman–Crippen LogP) is 2.72. The van der Waals surface area contributed by atoms with E-state index in [4.69, 9.17) is 4.74 Å². The average molecular weight is 520 g/mol. The molecule has 0 saturated carbocycles. The first-order valence-electron chi connectivity index (χ1n) is 13.8. The van der Waals surface area contributed by atoms with Crippen molar-refractivity contribution in [3.05, 3.63) is 71.8 Å². The maximum atomic E-state index is 14.2. The molecule has 3 saturated heterocycles. The fourth-order valence-electron chi connectivity index (χ4n) is 6.64. The smallest absolute Gasteiger partial charge is 0.245 e. The van der Waals surface area contributed by atoms with Crippen molar-refractivity contribution in [2.24, 2.45) is 11.8 Å². The quantitative estimate of drug-likeness (QED) is 0.396. The number of fused-ring (bicyclic) bond motifs is 1. The van der Waals surface area contributed by atoms with Gasteiger partial charge in [-0.15, -0.1) is 0 Å². The first-order chi connectivity index (χ1) is 18.5. The number of benzene rings is 2. The zero-order chi connectivity index (χ0) is 26.7. The lowest BCUT2D eigenvalue weighted by Crippen LogP contribution is -2.56. The maximum Gasteiger partial charge on any atom is 0.245 e. The summed E-state index contributed by atoms with van der Waals surface area (Å²) in [4.78, 5) is 43.0. The topological polar surface area (TPSA) is 108 Å². The van der Waals surface area contributed by atoms with Crippen molar-refractivity contribution in [3.63, 3.8) is 0 Å². The minimum atomic E-state index is -1.09. The molecule has 8 nitrogen and oxygen atoms in total. The SMILES string of the molecule is CCCCCNC(=O)C1N([C@H](CO)c2ccccc2)C(=O)[C@@H]2[C@@H](C(=O)NCc3ccccc3)[C@H]3CCC12O3. The lowest BCUT2D eigenvalue weighted by molar-refractivity contribution is -0.145. The fourth-order valence-corrected chi connectivity index (χ4v) is 6.64. The second-order valence-electron chi connectivity index (χ2n) is 10.6. The van der Waals surface area contributed by atoms with Gasteiger partial charge in [0.2, 0.25) is 17.7 Å². The average Bonchev–Trinajstić information content (AvgIpc) is 3.59. The Kier molecular flexibility index (Phi) is 7.81. The second-order valence-corrected chi connectivity index (χ2v) is 10.6. The highest BCUT2D eigenvalue weighted by Gasteiger charge is 2.75. The van der Waals surface area contributed by atoms with E-state index in [1.807, 2.05) is 60.7 Å². The number of aliphatic hydroxyl groups excluding tert-OH is 1. The molecule has 2 bridgehead atoms. The van der Waals surface area contributed by atoms with Gasteiger partial charge >= 0.3 is 0 Å². The molecule has 3 fully saturated rings. The van der Waals surface area contributed by atoms with E-state index in [0.29, 0.717) is 25.9 Å². The first-order valence-corrected chi connectivity index (χ1v) is 13.8. The van der Waals surface area contributed by atoms with Gasteiger partial charge in [0.1, 0.15) is 11.6 Å². The number of nitrogens with zero attached hydrogens (tertiary/aromatic N) is 1. The van der Waals surface area contributed by atoms with Crippen LogP contribution in [0.25, 0.3) is 0 Å². The Bertz CT molecular complexity index is 1140. The molecule has 0 aliphatic carbocycles. The van der Waals surface area contributed by atoms with Crippen LogP contribution in [0.3, 0.4) is 0 Å². The minimum Gasteiger partial charge on any atom is -0.394 e. The van der Waals surface area contributed by atoms with Crippen molar-refractivity contribution >= 4 is 17.7 Å². The molecule has 3 heterocycles. The summed E-state index contributed by atoms with van der Waals surface area (Å²) >= 11 is 0. The Morgan fingerprint density at radius 1 is 1.05 bits per heavy atom. The standard InChI is InChI=1S/C30H37N3O5/c1-2-3-10-17-31-28(36)26-30-16-15-23(38-30)24(27(35)32-18-20-11-6-4-7-12-20)25(30)29(37)33(26)22(19-34)21-13-8-5-9-14-21/h4-9,11-14,22-26,34H,2-3,10,15-19H2,1H3,(H,31,36)(H,32,35)/t22-,23-,24+,25+,26?,30?/m1/s1. The molecule has 8 heteroatoms. The Balaban J connectivity index is 1.46.